The first-order chi connectivity index (χ1) is 33.1. The van der Waals surface area contributed by atoms with Gasteiger partial charge in [-0.25, -0.2) is 0 Å². The van der Waals surface area contributed by atoms with Crippen LogP contribution in [0.1, 0.15) is 90.5 Å². The molecule has 0 bridgehead atoms. The van der Waals surface area contributed by atoms with E-state index in [1.54, 1.807) is 0 Å². The Morgan fingerprint density at radius 2 is 0.899 bits per heavy atom. The molecule has 0 saturated heterocycles. The normalized spacial score (nSPS) is 17.2. The zero-order valence-corrected chi connectivity index (χ0v) is 41.0. The minimum Gasteiger partial charge on any atom is -0.332 e. The van der Waals surface area contributed by atoms with Gasteiger partial charge < -0.3 is 13.7 Å². The minimum atomic E-state index is -0.0156. The third-order valence-electron chi connectivity index (χ3n) is 16.7. The Morgan fingerprint density at radius 1 is 0.391 bits per heavy atom. The smallest absolute Gasteiger partial charge is 0.0702 e. The molecular formula is C66H55N3. The maximum absolute atomic E-state index is 2.75. The highest BCUT2D eigenvalue weighted by Gasteiger charge is 2.49. The Labute approximate surface area is 403 Å². The number of rotatable bonds is 2. The van der Waals surface area contributed by atoms with Crippen LogP contribution in [0.3, 0.4) is 0 Å². The molecule has 0 amide bonds. The van der Waals surface area contributed by atoms with E-state index in [0.29, 0.717) is 0 Å². The standard InChI is InChI=1S/C66H55N3/c1-64(2,3)40-21-23-56-44(27-40)51-28-41(65(4,5)6)29-52-46-35-60-48(34-58(46)68(56)62(51)52)54-31-42(66(7,8)9)30-53-47-33-57-45(32-59(47)69(60)63(53)54)50-26-39(37-18-14-11-15-19-37)25-49-43-24-38(36-16-12-10-13-17-36)20-22-55(43)67(57)61(49)50/h10-35,54,63H,1-9H3. The van der Waals surface area contributed by atoms with Gasteiger partial charge in [-0.15, -0.1) is 0 Å². The quantitative estimate of drug-likeness (QED) is 0.168. The summed E-state index contributed by atoms with van der Waals surface area (Å²) in [5.74, 6) is 0.216. The molecule has 4 aromatic heterocycles. The van der Waals surface area contributed by atoms with E-state index < -0.39 is 0 Å². The van der Waals surface area contributed by atoms with Crippen molar-refractivity contribution in [1.82, 2.24) is 8.80 Å². The third kappa shape index (κ3) is 5.18. The number of allylic oxidation sites excluding steroid dienone is 2. The summed E-state index contributed by atoms with van der Waals surface area (Å²) in [6.07, 6.45) is 5.20. The van der Waals surface area contributed by atoms with Gasteiger partial charge in [0.25, 0.3) is 0 Å². The van der Waals surface area contributed by atoms with Crippen LogP contribution >= 0.6 is 0 Å². The summed E-state index contributed by atoms with van der Waals surface area (Å²) in [4.78, 5) is 2.75. The number of hydrogen-bond acceptors (Lipinski definition) is 1. The van der Waals surface area contributed by atoms with Crippen LogP contribution in [0.2, 0.25) is 0 Å². The molecule has 0 saturated carbocycles. The third-order valence-corrected chi connectivity index (χ3v) is 16.7. The maximum atomic E-state index is 2.75. The fourth-order valence-corrected chi connectivity index (χ4v) is 13.1. The molecule has 3 heteroatoms. The molecule has 12 aromatic rings. The maximum Gasteiger partial charge on any atom is 0.0702 e. The Kier molecular flexibility index (Phi) is 7.37. The molecule has 8 aromatic carbocycles. The number of nitrogens with zero attached hydrogens (tertiary/aromatic N) is 3. The lowest BCUT2D eigenvalue weighted by Gasteiger charge is -2.31. The van der Waals surface area contributed by atoms with E-state index in [0.717, 1.165) is 0 Å². The molecule has 2 aliphatic heterocycles. The largest absolute Gasteiger partial charge is 0.332 e. The van der Waals surface area contributed by atoms with Gasteiger partial charge in [0.1, 0.15) is 0 Å². The Morgan fingerprint density at radius 3 is 1.51 bits per heavy atom. The fraction of sp³-hybridized carbons (Fsp3) is 0.212. The molecule has 0 radical (unpaired) electrons. The van der Waals surface area contributed by atoms with E-state index in [4.69, 9.17) is 0 Å². The highest BCUT2D eigenvalue weighted by atomic mass is 15.2. The predicted molar refractivity (Wildman–Crippen MR) is 295 cm³/mol. The van der Waals surface area contributed by atoms with Crippen molar-refractivity contribution < 1.29 is 0 Å². The van der Waals surface area contributed by atoms with Crippen LogP contribution < -0.4 is 4.90 Å². The van der Waals surface area contributed by atoms with Crippen LogP contribution in [0.15, 0.2) is 163 Å². The molecule has 0 spiro atoms. The van der Waals surface area contributed by atoms with Crippen molar-refractivity contribution in [2.75, 3.05) is 4.90 Å². The first kappa shape index (κ1) is 39.6. The van der Waals surface area contributed by atoms with Crippen molar-refractivity contribution >= 4 is 93.1 Å². The molecule has 1 aliphatic carbocycles. The average Bonchev–Trinajstić information content (AvgIpc) is 4.16. The summed E-state index contributed by atoms with van der Waals surface area (Å²) in [6, 6.07) is 56.6. The Bertz CT molecular complexity index is 4280. The lowest BCUT2D eigenvalue weighted by Crippen LogP contribution is -2.28. The number of fused-ring (bicyclic) bond motifs is 18. The monoisotopic (exact) mass is 889 g/mol. The van der Waals surface area contributed by atoms with E-state index in [9.17, 15) is 0 Å². The Balaban J connectivity index is 1.03. The SMILES string of the molecule is CC(C)(C)C1=CC2c3cc4c(cc3N3c5cc6c7cc(-c8ccccc8)cc8c9cc(-c%10ccccc%10)ccc9n(c6cc5C(=C1)C23)c87)c1cc(C(C)(C)C)cc2c3cc(C(C)(C)C)ccc3n4c21. The van der Waals surface area contributed by atoms with Crippen LogP contribution in [0.4, 0.5) is 11.4 Å². The second-order valence-corrected chi connectivity index (χ2v) is 23.8. The lowest BCUT2D eigenvalue weighted by atomic mass is 9.75. The van der Waals surface area contributed by atoms with Crippen molar-refractivity contribution in [3.05, 3.63) is 186 Å². The van der Waals surface area contributed by atoms with Crippen molar-refractivity contribution in [1.29, 1.82) is 0 Å². The molecule has 2 atom stereocenters. The highest BCUT2D eigenvalue weighted by Crippen LogP contribution is 2.62. The van der Waals surface area contributed by atoms with E-state index in [-0.39, 0.29) is 28.2 Å². The average molecular weight is 890 g/mol. The van der Waals surface area contributed by atoms with E-state index >= 15 is 0 Å². The first-order valence-electron chi connectivity index (χ1n) is 25.1. The fourth-order valence-electron chi connectivity index (χ4n) is 13.1. The van der Waals surface area contributed by atoms with Gasteiger partial charge in [0.15, 0.2) is 0 Å². The number of benzene rings is 8. The van der Waals surface area contributed by atoms with Crippen LogP contribution in [0.5, 0.6) is 0 Å². The minimum absolute atomic E-state index is 0.00498. The highest BCUT2D eigenvalue weighted by molar-refractivity contribution is 6.27. The second kappa shape index (κ2) is 12.8. The number of aromatic nitrogens is 2. The topological polar surface area (TPSA) is 12.1 Å². The van der Waals surface area contributed by atoms with Crippen molar-refractivity contribution in [3.63, 3.8) is 0 Å². The van der Waals surface area contributed by atoms with Crippen molar-refractivity contribution in [2.24, 2.45) is 5.41 Å². The van der Waals surface area contributed by atoms with E-state index in [1.807, 2.05) is 0 Å². The van der Waals surface area contributed by atoms with Gasteiger partial charge in [-0.2, -0.15) is 0 Å². The molecule has 69 heavy (non-hydrogen) atoms. The van der Waals surface area contributed by atoms with Crippen molar-refractivity contribution in [3.8, 4) is 22.3 Å². The molecule has 0 fully saturated rings. The van der Waals surface area contributed by atoms with E-state index in [2.05, 4.69) is 234 Å². The molecular weight excluding hydrogens is 835 g/mol. The summed E-state index contributed by atoms with van der Waals surface area (Å²) >= 11 is 0. The van der Waals surface area contributed by atoms with Gasteiger partial charge >= 0.3 is 0 Å². The summed E-state index contributed by atoms with van der Waals surface area (Å²) in [5, 5.41) is 10.7. The zero-order chi connectivity index (χ0) is 46.8. The summed E-state index contributed by atoms with van der Waals surface area (Å²) in [5.41, 5.74) is 23.9. The molecule has 3 nitrogen and oxygen atoms in total. The van der Waals surface area contributed by atoms with Crippen LogP contribution in [-0.2, 0) is 10.8 Å². The predicted octanol–water partition coefficient (Wildman–Crippen LogP) is 17.9. The van der Waals surface area contributed by atoms with Gasteiger partial charge in [0.05, 0.1) is 44.8 Å². The van der Waals surface area contributed by atoms with Gasteiger partial charge in [-0.05, 0) is 139 Å². The molecule has 0 N–H and O–H groups in total. The lowest BCUT2D eigenvalue weighted by molar-refractivity contribution is 0.509. The van der Waals surface area contributed by atoms with Crippen molar-refractivity contribution in [2.45, 2.75) is 85.1 Å². The molecule has 6 heterocycles. The summed E-state index contributed by atoms with van der Waals surface area (Å²) < 4.78 is 5.20. The number of hydrogen-bond donors (Lipinski definition) is 0. The van der Waals surface area contributed by atoms with Crippen LogP contribution in [0, 0.1) is 5.41 Å². The van der Waals surface area contributed by atoms with Crippen LogP contribution in [0.25, 0.3) is 104 Å². The summed E-state index contributed by atoms with van der Waals surface area (Å²) in [7, 11) is 0. The zero-order valence-electron chi connectivity index (χ0n) is 41.0. The number of anilines is 2. The first-order valence-corrected chi connectivity index (χ1v) is 25.1. The van der Waals surface area contributed by atoms with Gasteiger partial charge in [0.2, 0.25) is 0 Å². The molecule has 2 unspecified atom stereocenters. The Hall–Kier alpha value is -7.36. The molecule has 334 valence electrons. The molecule has 15 rings (SSSR count). The summed E-state index contributed by atoms with van der Waals surface area (Å²) in [6.45, 7) is 21.2. The van der Waals surface area contributed by atoms with Crippen LogP contribution in [-0.4, -0.2) is 14.8 Å². The van der Waals surface area contributed by atoms with Gasteiger partial charge in [0, 0.05) is 60.3 Å². The molecule has 3 aliphatic rings. The van der Waals surface area contributed by atoms with E-state index in [1.165, 1.54) is 143 Å². The van der Waals surface area contributed by atoms with Gasteiger partial charge in [-0.3, -0.25) is 0 Å². The van der Waals surface area contributed by atoms with Gasteiger partial charge in [-0.1, -0.05) is 147 Å². The second-order valence-electron chi connectivity index (χ2n) is 23.8.